The van der Waals surface area contributed by atoms with Gasteiger partial charge in [0.1, 0.15) is 0 Å². The second-order valence-corrected chi connectivity index (χ2v) is 6.75. The summed E-state index contributed by atoms with van der Waals surface area (Å²) < 4.78 is 6.01. The Morgan fingerprint density at radius 2 is 2.17 bits per heavy atom. The van der Waals surface area contributed by atoms with E-state index in [-0.39, 0.29) is 12.0 Å². The second-order valence-electron chi connectivity index (χ2n) is 6.75. The van der Waals surface area contributed by atoms with Gasteiger partial charge in [-0.05, 0) is 37.7 Å². The van der Waals surface area contributed by atoms with E-state index in [1.54, 1.807) is 0 Å². The van der Waals surface area contributed by atoms with E-state index in [2.05, 4.69) is 16.9 Å². The van der Waals surface area contributed by atoms with Gasteiger partial charge >= 0.3 is 0 Å². The number of ether oxygens (including phenoxy) is 1. The number of nitrogens with zero attached hydrogens (tertiary/aromatic N) is 2. The van der Waals surface area contributed by atoms with E-state index in [0.29, 0.717) is 12.5 Å². The van der Waals surface area contributed by atoms with Gasteiger partial charge in [0.25, 0.3) is 5.91 Å². The largest absolute Gasteiger partial charge is 0.375 e. The maximum absolute atomic E-state index is 12.8. The van der Waals surface area contributed by atoms with Crippen molar-refractivity contribution in [3.05, 3.63) is 36.0 Å². The van der Waals surface area contributed by atoms with Crippen LogP contribution in [-0.4, -0.2) is 66.6 Å². The van der Waals surface area contributed by atoms with E-state index in [9.17, 15) is 4.79 Å². The summed E-state index contributed by atoms with van der Waals surface area (Å²) in [7, 11) is 2.15. The number of likely N-dealkylation sites (tertiary alicyclic amines) is 1. The number of carbonyl (C=O) groups is 1. The SMILES string of the molecule is CN1CCO[C@H]2CN(C(=O)c3ccc4[nH]ccc4c3)CC[C@@H]2C1. The van der Waals surface area contributed by atoms with Gasteiger partial charge in [-0.2, -0.15) is 0 Å². The summed E-state index contributed by atoms with van der Waals surface area (Å²) in [6.45, 7) is 4.34. The molecule has 0 saturated carbocycles. The third-order valence-electron chi connectivity index (χ3n) is 5.13. The summed E-state index contributed by atoms with van der Waals surface area (Å²) in [4.78, 5) is 20.3. The molecule has 5 heteroatoms. The average molecular weight is 313 g/mol. The van der Waals surface area contributed by atoms with Gasteiger partial charge < -0.3 is 19.5 Å². The summed E-state index contributed by atoms with van der Waals surface area (Å²) in [5.41, 5.74) is 1.83. The van der Waals surface area contributed by atoms with Gasteiger partial charge in [-0.15, -0.1) is 0 Å². The first-order chi connectivity index (χ1) is 11.2. The number of amides is 1. The lowest BCUT2D eigenvalue weighted by Gasteiger charge is -2.37. The Kier molecular flexibility index (Phi) is 3.83. The van der Waals surface area contributed by atoms with E-state index >= 15 is 0 Å². The Bertz CT molecular complexity index is 711. The number of benzene rings is 1. The monoisotopic (exact) mass is 313 g/mol. The lowest BCUT2D eigenvalue weighted by molar-refractivity contribution is -0.0170. The van der Waals surface area contributed by atoms with Crippen LogP contribution < -0.4 is 0 Å². The molecule has 5 nitrogen and oxygen atoms in total. The Balaban J connectivity index is 1.50. The summed E-state index contributed by atoms with van der Waals surface area (Å²) in [6, 6.07) is 7.87. The molecular weight excluding hydrogens is 290 g/mol. The molecule has 2 aliphatic rings. The van der Waals surface area contributed by atoms with Crippen LogP contribution in [0, 0.1) is 5.92 Å². The Morgan fingerprint density at radius 3 is 3.09 bits per heavy atom. The Labute approximate surface area is 136 Å². The van der Waals surface area contributed by atoms with Gasteiger partial charge in [0, 0.05) is 54.8 Å². The van der Waals surface area contributed by atoms with Crippen molar-refractivity contribution in [3.8, 4) is 0 Å². The molecular formula is C18H23N3O2. The highest BCUT2D eigenvalue weighted by atomic mass is 16.5. The first-order valence-electron chi connectivity index (χ1n) is 8.37. The van der Waals surface area contributed by atoms with Crippen LogP contribution in [0.3, 0.4) is 0 Å². The van der Waals surface area contributed by atoms with E-state index in [1.165, 1.54) is 0 Å². The molecule has 2 aromatic rings. The third-order valence-corrected chi connectivity index (χ3v) is 5.13. The maximum atomic E-state index is 12.8. The fraction of sp³-hybridized carbons (Fsp3) is 0.500. The van der Waals surface area contributed by atoms with Crippen molar-refractivity contribution in [1.82, 2.24) is 14.8 Å². The van der Waals surface area contributed by atoms with E-state index < -0.39 is 0 Å². The number of nitrogens with one attached hydrogen (secondary N) is 1. The highest BCUT2D eigenvalue weighted by Crippen LogP contribution is 2.25. The van der Waals surface area contributed by atoms with Crippen LogP contribution >= 0.6 is 0 Å². The molecule has 0 radical (unpaired) electrons. The van der Waals surface area contributed by atoms with Gasteiger partial charge in [0.2, 0.25) is 0 Å². The molecule has 0 unspecified atom stereocenters. The topological polar surface area (TPSA) is 48.6 Å². The van der Waals surface area contributed by atoms with E-state index in [4.69, 9.17) is 4.74 Å². The zero-order chi connectivity index (χ0) is 15.8. The van der Waals surface area contributed by atoms with Crippen molar-refractivity contribution in [1.29, 1.82) is 0 Å². The van der Waals surface area contributed by atoms with Gasteiger partial charge in [-0.3, -0.25) is 4.79 Å². The fourth-order valence-electron chi connectivity index (χ4n) is 3.77. The number of aromatic nitrogens is 1. The fourth-order valence-corrected chi connectivity index (χ4v) is 3.77. The number of hydrogen-bond donors (Lipinski definition) is 1. The maximum Gasteiger partial charge on any atom is 0.253 e. The summed E-state index contributed by atoms with van der Waals surface area (Å²) >= 11 is 0. The minimum atomic E-state index is 0.118. The minimum absolute atomic E-state index is 0.118. The smallest absolute Gasteiger partial charge is 0.253 e. The van der Waals surface area contributed by atoms with Gasteiger partial charge in [-0.25, -0.2) is 0 Å². The summed E-state index contributed by atoms with van der Waals surface area (Å²) in [6.07, 6.45) is 3.10. The minimum Gasteiger partial charge on any atom is -0.375 e. The number of likely N-dealkylation sites (N-methyl/N-ethyl adjacent to an activating group) is 1. The van der Waals surface area contributed by atoms with Crippen LogP contribution in [-0.2, 0) is 4.74 Å². The molecule has 122 valence electrons. The van der Waals surface area contributed by atoms with Crippen molar-refractivity contribution < 1.29 is 9.53 Å². The first kappa shape index (κ1) is 14.7. The van der Waals surface area contributed by atoms with Crippen molar-refractivity contribution in [2.45, 2.75) is 12.5 Å². The van der Waals surface area contributed by atoms with Crippen LogP contribution in [0.15, 0.2) is 30.5 Å². The lowest BCUT2D eigenvalue weighted by atomic mass is 9.93. The predicted octanol–water partition coefficient (Wildman–Crippen LogP) is 1.96. The van der Waals surface area contributed by atoms with Crippen LogP contribution in [0.25, 0.3) is 10.9 Å². The van der Waals surface area contributed by atoms with Crippen molar-refractivity contribution in [2.24, 2.45) is 5.92 Å². The molecule has 4 rings (SSSR count). The van der Waals surface area contributed by atoms with Crippen molar-refractivity contribution >= 4 is 16.8 Å². The van der Waals surface area contributed by atoms with Crippen LogP contribution in [0.5, 0.6) is 0 Å². The third kappa shape index (κ3) is 2.86. The van der Waals surface area contributed by atoms with Gasteiger partial charge in [0.15, 0.2) is 0 Å². The summed E-state index contributed by atoms with van der Waals surface area (Å²) in [5.74, 6) is 0.659. The molecule has 0 aliphatic carbocycles. The highest BCUT2D eigenvalue weighted by molar-refractivity contribution is 5.98. The van der Waals surface area contributed by atoms with Gasteiger partial charge in [-0.1, -0.05) is 0 Å². The number of hydrogen-bond acceptors (Lipinski definition) is 3. The second kappa shape index (κ2) is 5.98. The Hall–Kier alpha value is -1.85. The molecule has 0 spiro atoms. The van der Waals surface area contributed by atoms with Crippen molar-refractivity contribution in [2.75, 3.05) is 39.8 Å². The molecule has 2 atom stereocenters. The van der Waals surface area contributed by atoms with E-state index in [1.807, 2.05) is 35.4 Å². The van der Waals surface area contributed by atoms with Crippen LogP contribution in [0.2, 0.25) is 0 Å². The van der Waals surface area contributed by atoms with Gasteiger partial charge in [0.05, 0.1) is 12.7 Å². The number of H-pyrrole nitrogens is 1. The number of rotatable bonds is 1. The number of piperidine rings is 1. The molecule has 2 fully saturated rings. The molecule has 3 heterocycles. The molecule has 1 aromatic heterocycles. The Morgan fingerprint density at radius 1 is 1.26 bits per heavy atom. The standard InChI is InChI=1S/C18H23N3O2/c1-20-8-9-23-17-12-21(7-5-15(17)11-20)18(22)14-2-3-16-13(10-14)4-6-19-16/h2-4,6,10,15,17,19H,5,7-9,11-12H2,1H3/t15-,17+/m1/s1. The normalized spacial score (nSPS) is 26.0. The predicted molar refractivity (Wildman–Crippen MR) is 89.5 cm³/mol. The molecule has 1 N–H and O–H groups in total. The molecule has 0 bridgehead atoms. The van der Waals surface area contributed by atoms with Crippen LogP contribution in [0.1, 0.15) is 16.8 Å². The molecule has 23 heavy (non-hydrogen) atoms. The number of fused-ring (bicyclic) bond motifs is 2. The highest BCUT2D eigenvalue weighted by Gasteiger charge is 2.34. The number of carbonyl (C=O) groups excluding carboxylic acids is 1. The van der Waals surface area contributed by atoms with Crippen molar-refractivity contribution in [3.63, 3.8) is 0 Å². The zero-order valence-electron chi connectivity index (χ0n) is 13.5. The van der Waals surface area contributed by atoms with Crippen LogP contribution in [0.4, 0.5) is 0 Å². The van der Waals surface area contributed by atoms with E-state index in [0.717, 1.165) is 49.1 Å². The lowest BCUT2D eigenvalue weighted by Crippen LogP contribution is -2.48. The molecule has 2 saturated heterocycles. The molecule has 1 amide bonds. The number of aromatic amines is 1. The summed E-state index contributed by atoms with van der Waals surface area (Å²) in [5, 5.41) is 1.08. The zero-order valence-corrected chi connectivity index (χ0v) is 13.5. The average Bonchev–Trinajstić information content (AvgIpc) is 2.94. The molecule has 1 aromatic carbocycles. The quantitative estimate of drug-likeness (QED) is 0.875. The molecule has 2 aliphatic heterocycles. The first-order valence-corrected chi connectivity index (χ1v) is 8.37.